The maximum Gasteiger partial charge on any atom is 0.0550 e. The van der Waals surface area contributed by atoms with Crippen LogP contribution in [0.15, 0.2) is 261 Å². The molecule has 0 fully saturated rings. The molecule has 1 N–H and O–H groups in total. The van der Waals surface area contributed by atoms with E-state index in [0.717, 1.165) is 25.7 Å². The highest BCUT2D eigenvalue weighted by atomic mass is 15.0. The molecule has 0 radical (unpaired) electrons. The van der Waals surface area contributed by atoms with Crippen molar-refractivity contribution in [2.24, 2.45) is 5.92 Å². The monoisotopic (exact) mass is 901 g/mol. The van der Waals surface area contributed by atoms with Crippen molar-refractivity contribution >= 4 is 16.5 Å². The third-order valence-corrected chi connectivity index (χ3v) is 14.8. The van der Waals surface area contributed by atoms with E-state index in [1.165, 1.54) is 94.4 Å². The summed E-state index contributed by atoms with van der Waals surface area (Å²) in [6.07, 6.45) is 6.75. The Morgan fingerprint density at radius 3 is 1.33 bits per heavy atom. The van der Waals surface area contributed by atoms with Crippen LogP contribution in [0.3, 0.4) is 0 Å². The molecule has 4 atom stereocenters. The van der Waals surface area contributed by atoms with E-state index >= 15 is 0 Å². The second-order valence-corrected chi connectivity index (χ2v) is 19.1. The van der Waals surface area contributed by atoms with Crippen molar-refractivity contribution in [3.63, 3.8) is 0 Å². The van der Waals surface area contributed by atoms with Crippen LogP contribution < -0.4 is 5.32 Å². The van der Waals surface area contributed by atoms with Crippen molar-refractivity contribution in [3.05, 3.63) is 294 Å². The predicted octanol–water partition coefficient (Wildman–Crippen LogP) is 18.2. The number of fused-ring (bicyclic) bond motifs is 1. The fourth-order valence-electron chi connectivity index (χ4n) is 10.9. The van der Waals surface area contributed by atoms with Crippen molar-refractivity contribution in [2.45, 2.75) is 50.5 Å². The van der Waals surface area contributed by atoms with Gasteiger partial charge >= 0.3 is 0 Å². The Hall–Kier alpha value is -8.00. The average Bonchev–Trinajstić information content (AvgIpc) is 3.45. The molecule has 1 aliphatic heterocycles. The summed E-state index contributed by atoms with van der Waals surface area (Å²) >= 11 is 0. The van der Waals surface area contributed by atoms with Crippen molar-refractivity contribution in [2.75, 3.05) is 0 Å². The fraction of sp³-hybridized carbons (Fsp3) is 0.130. The molecule has 4 unspecified atom stereocenters. The second-order valence-electron chi connectivity index (χ2n) is 19.1. The van der Waals surface area contributed by atoms with Crippen LogP contribution in [0.5, 0.6) is 0 Å². The van der Waals surface area contributed by atoms with E-state index in [1.54, 1.807) is 0 Å². The maximum atomic E-state index is 4.02. The number of hydrogen-bond acceptors (Lipinski definition) is 1. The summed E-state index contributed by atoms with van der Waals surface area (Å²) < 4.78 is 0. The Bertz CT molecular complexity index is 3300. The van der Waals surface area contributed by atoms with Gasteiger partial charge in [-0.25, -0.2) is 0 Å². The summed E-state index contributed by atoms with van der Waals surface area (Å²) in [5.74, 6) is 1.00. The van der Waals surface area contributed by atoms with Gasteiger partial charge in [0.15, 0.2) is 0 Å². The van der Waals surface area contributed by atoms with Gasteiger partial charge in [0.25, 0.3) is 0 Å². The van der Waals surface area contributed by atoms with Gasteiger partial charge in [-0.1, -0.05) is 274 Å². The quantitative estimate of drug-likeness (QED) is 0.115. The highest BCUT2D eigenvalue weighted by Crippen LogP contribution is 2.44. The van der Waals surface area contributed by atoms with Crippen LogP contribution in [0.25, 0.3) is 61.0 Å². The summed E-state index contributed by atoms with van der Waals surface area (Å²) in [5, 5.41) is 6.61. The molecule has 1 nitrogen and oxygen atoms in total. The molecule has 1 heteroatoms. The number of benzene rings is 10. The number of allylic oxidation sites excluding steroid dienone is 1. The van der Waals surface area contributed by atoms with E-state index < -0.39 is 0 Å². The lowest BCUT2D eigenvalue weighted by atomic mass is 9.74. The van der Waals surface area contributed by atoms with Crippen LogP contribution in [0.2, 0.25) is 0 Å². The molecule has 10 aromatic carbocycles. The van der Waals surface area contributed by atoms with Gasteiger partial charge in [-0.2, -0.15) is 0 Å². The van der Waals surface area contributed by atoms with E-state index in [2.05, 4.69) is 273 Å². The summed E-state index contributed by atoms with van der Waals surface area (Å²) in [6, 6.07) is 94.3. The lowest BCUT2D eigenvalue weighted by Gasteiger charge is -2.39. The van der Waals surface area contributed by atoms with E-state index in [0.29, 0.717) is 11.8 Å². The third-order valence-electron chi connectivity index (χ3n) is 14.8. The van der Waals surface area contributed by atoms with E-state index in [1.807, 2.05) is 0 Å². The Morgan fingerprint density at radius 2 is 0.814 bits per heavy atom. The SMILES string of the molecule is CCC1C(c2ccc3ccccc3c2)C=C(c2ccc(-c3ccc(CCCC(c4ccc(-c5ccccc5)cc4)c4ccc(-c5ccc(-c6ccccc6)cc5)cc4)cc3)cc2)NC1c1ccccc1. The van der Waals surface area contributed by atoms with Crippen LogP contribution in [0, 0.1) is 5.92 Å². The molecule has 1 aliphatic rings. The minimum Gasteiger partial charge on any atom is -0.378 e. The van der Waals surface area contributed by atoms with E-state index in [-0.39, 0.29) is 12.0 Å². The minimum absolute atomic E-state index is 0.209. The highest BCUT2D eigenvalue weighted by Gasteiger charge is 2.34. The molecule has 0 amide bonds. The van der Waals surface area contributed by atoms with Crippen LogP contribution in [-0.2, 0) is 6.42 Å². The van der Waals surface area contributed by atoms with Crippen molar-refractivity contribution < 1.29 is 0 Å². The summed E-state index contributed by atoms with van der Waals surface area (Å²) in [4.78, 5) is 0. The fourth-order valence-corrected chi connectivity index (χ4v) is 10.9. The first-order valence-electron chi connectivity index (χ1n) is 25.3. The van der Waals surface area contributed by atoms with Gasteiger partial charge in [-0.15, -0.1) is 0 Å². The Kier molecular flexibility index (Phi) is 13.2. The first kappa shape index (κ1) is 44.5. The minimum atomic E-state index is 0.209. The molecule has 10 aromatic rings. The molecule has 0 aromatic heterocycles. The summed E-state index contributed by atoms with van der Waals surface area (Å²) in [5.41, 5.74) is 19.2. The Balaban J connectivity index is 0.794. The Morgan fingerprint density at radius 1 is 0.386 bits per heavy atom. The molecule has 0 spiro atoms. The zero-order valence-corrected chi connectivity index (χ0v) is 40.0. The van der Waals surface area contributed by atoms with Crippen molar-refractivity contribution in [1.29, 1.82) is 0 Å². The van der Waals surface area contributed by atoms with Gasteiger partial charge in [0.2, 0.25) is 0 Å². The molecular weight excluding hydrogens is 843 g/mol. The second kappa shape index (κ2) is 20.7. The smallest absolute Gasteiger partial charge is 0.0550 e. The number of hydrogen-bond donors (Lipinski definition) is 1. The topological polar surface area (TPSA) is 12.0 Å². The molecule has 0 saturated carbocycles. The van der Waals surface area contributed by atoms with Crippen LogP contribution in [0.1, 0.15) is 77.4 Å². The predicted molar refractivity (Wildman–Crippen MR) is 297 cm³/mol. The molecule has 1 heterocycles. The van der Waals surface area contributed by atoms with Crippen LogP contribution >= 0.6 is 0 Å². The zero-order valence-electron chi connectivity index (χ0n) is 40.0. The highest BCUT2D eigenvalue weighted by molar-refractivity contribution is 5.83. The first-order valence-corrected chi connectivity index (χ1v) is 25.3. The van der Waals surface area contributed by atoms with Gasteiger partial charge in [-0.3, -0.25) is 0 Å². The van der Waals surface area contributed by atoms with Gasteiger partial charge in [0, 0.05) is 17.5 Å². The maximum absolute atomic E-state index is 4.02. The molecule has 0 aliphatic carbocycles. The molecule has 340 valence electrons. The summed E-state index contributed by atoms with van der Waals surface area (Å²) in [7, 11) is 0. The largest absolute Gasteiger partial charge is 0.378 e. The van der Waals surface area contributed by atoms with Gasteiger partial charge in [-0.05, 0) is 114 Å². The molecule has 11 rings (SSSR count). The lowest BCUT2D eigenvalue weighted by Crippen LogP contribution is -2.34. The van der Waals surface area contributed by atoms with Crippen molar-refractivity contribution in [1.82, 2.24) is 5.32 Å². The van der Waals surface area contributed by atoms with Gasteiger partial charge in [0.05, 0.1) is 6.04 Å². The number of nitrogens with one attached hydrogen (secondary N) is 1. The molecule has 70 heavy (non-hydrogen) atoms. The average molecular weight is 902 g/mol. The normalized spacial score (nSPS) is 16.0. The Labute approximate surface area is 414 Å². The third kappa shape index (κ3) is 9.80. The first-order chi connectivity index (χ1) is 34.6. The van der Waals surface area contributed by atoms with Crippen LogP contribution in [-0.4, -0.2) is 0 Å². The molecule has 0 saturated heterocycles. The number of rotatable bonds is 14. The van der Waals surface area contributed by atoms with Gasteiger partial charge < -0.3 is 5.32 Å². The van der Waals surface area contributed by atoms with E-state index in [9.17, 15) is 0 Å². The molecular formula is C69H59N. The summed E-state index contributed by atoms with van der Waals surface area (Å²) in [6.45, 7) is 2.34. The van der Waals surface area contributed by atoms with Gasteiger partial charge in [0.1, 0.15) is 0 Å². The molecule has 0 bridgehead atoms. The zero-order chi connectivity index (χ0) is 47.1. The lowest BCUT2D eigenvalue weighted by molar-refractivity contribution is 0.338. The van der Waals surface area contributed by atoms with Crippen molar-refractivity contribution in [3.8, 4) is 44.5 Å². The standard InChI is InChI=1S/C69H59N/c1-2-65-67(64-46-39-52-20-12-13-23-63(52)47-64)48-68(70-69(65)62-21-10-5-11-22-62)61-44-37-58(38-45-61)53-27-25-49(26-28-53)15-14-24-66(59-40-33-55(34-41-59)51-18-8-4-9-19-51)60-42-35-57(36-43-60)56-31-29-54(30-32-56)50-16-6-3-7-17-50/h3-13,16-23,25-48,65-67,69-70H,2,14-15,24H2,1H3. The van der Waals surface area contributed by atoms with Crippen LogP contribution in [0.4, 0.5) is 0 Å². The van der Waals surface area contributed by atoms with E-state index in [4.69, 9.17) is 0 Å². The number of aryl methyl sites for hydroxylation is 1.